The Labute approximate surface area is 176 Å². The van der Waals surface area contributed by atoms with Crippen LogP contribution in [0.25, 0.3) is 0 Å². The largest absolute Gasteiger partial charge is 0.354 e. The molecule has 0 aromatic heterocycles. The van der Waals surface area contributed by atoms with Gasteiger partial charge in [0.2, 0.25) is 11.8 Å². The van der Waals surface area contributed by atoms with Crippen molar-refractivity contribution in [2.75, 3.05) is 6.54 Å². The Morgan fingerprint density at radius 3 is 2.46 bits per heavy atom. The maximum Gasteiger partial charge on any atom is 0.242 e. The Hall–Kier alpha value is -2.04. The van der Waals surface area contributed by atoms with Gasteiger partial charge in [0.1, 0.15) is 6.04 Å². The van der Waals surface area contributed by atoms with Gasteiger partial charge >= 0.3 is 0 Å². The van der Waals surface area contributed by atoms with E-state index in [1.807, 2.05) is 38.1 Å². The summed E-state index contributed by atoms with van der Waals surface area (Å²) in [5, 5.41) is 3.87. The van der Waals surface area contributed by atoms with Gasteiger partial charge in [0.05, 0.1) is 6.42 Å². The summed E-state index contributed by atoms with van der Waals surface area (Å²) in [5.74, 6) is -0.301. The fourth-order valence-corrected chi connectivity index (χ4v) is 3.35. The third-order valence-corrected chi connectivity index (χ3v) is 5.26. The van der Waals surface area contributed by atoms with E-state index in [0.29, 0.717) is 16.6 Å². The highest BCUT2D eigenvalue weighted by Crippen LogP contribution is 2.23. The maximum atomic E-state index is 13.1. The molecule has 2 aromatic rings. The molecule has 0 spiro atoms. The van der Waals surface area contributed by atoms with Crippen LogP contribution in [0.4, 0.5) is 0 Å². The summed E-state index contributed by atoms with van der Waals surface area (Å²) in [6, 6.07) is 12.3. The molecule has 2 aromatic carbocycles. The zero-order chi connectivity index (χ0) is 20.7. The van der Waals surface area contributed by atoms with Crippen LogP contribution in [0, 0.1) is 6.92 Å². The molecule has 150 valence electrons. The number of halogens is 2. The summed E-state index contributed by atoms with van der Waals surface area (Å²) in [6.07, 6.45) is 1.06. The summed E-state index contributed by atoms with van der Waals surface area (Å²) < 4.78 is 0. The van der Waals surface area contributed by atoms with Crippen molar-refractivity contribution in [2.24, 2.45) is 0 Å². The Kier molecular flexibility index (Phi) is 8.34. The molecule has 2 rings (SSSR count). The van der Waals surface area contributed by atoms with Crippen LogP contribution in [0.2, 0.25) is 10.0 Å². The molecule has 0 bridgehead atoms. The molecule has 0 saturated heterocycles. The minimum atomic E-state index is -0.616. The van der Waals surface area contributed by atoms with Gasteiger partial charge in [-0.3, -0.25) is 9.59 Å². The molecule has 28 heavy (non-hydrogen) atoms. The lowest BCUT2D eigenvalue weighted by molar-refractivity contribution is -0.140. The van der Waals surface area contributed by atoms with Crippen molar-refractivity contribution < 1.29 is 9.59 Å². The van der Waals surface area contributed by atoms with Crippen LogP contribution in [0.3, 0.4) is 0 Å². The molecule has 0 heterocycles. The van der Waals surface area contributed by atoms with Gasteiger partial charge in [-0.2, -0.15) is 0 Å². The third kappa shape index (κ3) is 5.98. The smallest absolute Gasteiger partial charge is 0.242 e. The number of aryl methyl sites for hydroxylation is 1. The number of hydrogen-bond donors (Lipinski definition) is 1. The first kappa shape index (κ1) is 22.3. The molecule has 2 amide bonds. The van der Waals surface area contributed by atoms with Crippen LogP contribution in [-0.4, -0.2) is 29.3 Å². The van der Waals surface area contributed by atoms with Crippen molar-refractivity contribution in [3.63, 3.8) is 0 Å². The third-order valence-electron chi connectivity index (χ3n) is 4.68. The van der Waals surface area contributed by atoms with Crippen LogP contribution in [0.5, 0.6) is 0 Å². The lowest BCUT2D eigenvalue weighted by Gasteiger charge is -2.29. The Morgan fingerprint density at radius 1 is 1.11 bits per heavy atom. The van der Waals surface area contributed by atoms with Gasteiger partial charge in [0, 0.05) is 23.1 Å². The molecule has 6 heteroatoms. The van der Waals surface area contributed by atoms with E-state index in [1.54, 1.807) is 30.0 Å². The minimum Gasteiger partial charge on any atom is -0.354 e. The van der Waals surface area contributed by atoms with E-state index >= 15 is 0 Å². The van der Waals surface area contributed by atoms with Crippen LogP contribution < -0.4 is 5.32 Å². The second kappa shape index (κ2) is 10.5. The van der Waals surface area contributed by atoms with Crippen LogP contribution in [0.15, 0.2) is 42.5 Å². The first-order valence-electron chi connectivity index (χ1n) is 9.39. The van der Waals surface area contributed by atoms with Crippen molar-refractivity contribution in [1.82, 2.24) is 10.2 Å². The summed E-state index contributed by atoms with van der Waals surface area (Å²) >= 11 is 12.3. The standard InChI is InChI=1S/C22H26Cl2N2O2/c1-4-11-25-22(28)16(3)26(14-18-9-10-19(23)13-20(18)24)21(27)12-17-8-6-5-7-15(17)2/h5-10,13,16H,4,11-12,14H2,1-3H3,(H,25,28)/t16-/m0/s1. The molecule has 0 unspecified atom stereocenters. The number of nitrogens with one attached hydrogen (secondary N) is 1. The van der Waals surface area contributed by atoms with Gasteiger partial charge in [0.25, 0.3) is 0 Å². The number of benzene rings is 2. The minimum absolute atomic E-state index is 0.125. The molecule has 1 N–H and O–H groups in total. The second-order valence-corrected chi connectivity index (χ2v) is 7.67. The molecule has 0 aliphatic heterocycles. The highest BCUT2D eigenvalue weighted by molar-refractivity contribution is 6.35. The number of carbonyl (C=O) groups is 2. The molecule has 0 aliphatic rings. The van der Waals surface area contributed by atoms with Crippen molar-refractivity contribution in [1.29, 1.82) is 0 Å². The van der Waals surface area contributed by atoms with Crippen molar-refractivity contribution in [3.8, 4) is 0 Å². The topological polar surface area (TPSA) is 49.4 Å². The lowest BCUT2D eigenvalue weighted by Crippen LogP contribution is -2.48. The highest BCUT2D eigenvalue weighted by atomic mass is 35.5. The molecule has 1 atom stereocenters. The van der Waals surface area contributed by atoms with Crippen molar-refractivity contribution >= 4 is 35.0 Å². The molecule has 4 nitrogen and oxygen atoms in total. The normalized spacial score (nSPS) is 11.8. The van der Waals surface area contributed by atoms with Crippen molar-refractivity contribution in [3.05, 3.63) is 69.2 Å². The molecule has 0 aliphatic carbocycles. The van der Waals surface area contributed by atoms with E-state index in [-0.39, 0.29) is 24.8 Å². The molecular formula is C22H26Cl2N2O2. The predicted octanol–water partition coefficient (Wildman–Crippen LogP) is 4.79. The van der Waals surface area contributed by atoms with Crippen molar-refractivity contribution in [2.45, 2.75) is 46.2 Å². The number of carbonyl (C=O) groups excluding carboxylic acids is 2. The van der Waals surface area contributed by atoms with Gasteiger partial charge < -0.3 is 10.2 Å². The number of amides is 2. The van der Waals surface area contributed by atoms with Crippen LogP contribution in [0.1, 0.15) is 37.0 Å². The molecule has 0 radical (unpaired) electrons. The quantitative estimate of drug-likeness (QED) is 0.667. The summed E-state index contributed by atoms with van der Waals surface area (Å²) in [4.78, 5) is 27.3. The number of hydrogen-bond acceptors (Lipinski definition) is 2. The van der Waals surface area contributed by atoms with Gasteiger partial charge in [-0.1, -0.05) is 60.5 Å². The first-order chi connectivity index (χ1) is 13.3. The van der Waals surface area contributed by atoms with Crippen LogP contribution >= 0.6 is 23.2 Å². The maximum absolute atomic E-state index is 13.1. The summed E-state index contributed by atoms with van der Waals surface area (Å²) in [5.41, 5.74) is 2.74. The van der Waals surface area contributed by atoms with Gasteiger partial charge in [-0.15, -0.1) is 0 Å². The number of rotatable bonds is 8. The van der Waals surface area contributed by atoms with E-state index < -0.39 is 6.04 Å². The highest BCUT2D eigenvalue weighted by Gasteiger charge is 2.26. The van der Waals surface area contributed by atoms with E-state index in [4.69, 9.17) is 23.2 Å². The summed E-state index contributed by atoms with van der Waals surface area (Å²) in [7, 11) is 0. The Morgan fingerprint density at radius 2 is 1.82 bits per heavy atom. The predicted molar refractivity (Wildman–Crippen MR) is 115 cm³/mol. The Balaban J connectivity index is 2.27. The zero-order valence-electron chi connectivity index (χ0n) is 16.5. The number of nitrogens with zero attached hydrogens (tertiary/aromatic N) is 1. The zero-order valence-corrected chi connectivity index (χ0v) is 18.0. The van der Waals surface area contributed by atoms with Gasteiger partial charge in [-0.05, 0) is 49.1 Å². The monoisotopic (exact) mass is 420 g/mol. The summed E-state index contributed by atoms with van der Waals surface area (Å²) in [6.45, 7) is 6.51. The fraction of sp³-hybridized carbons (Fsp3) is 0.364. The average molecular weight is 421 g/mol. The molecule has 0 saturated carbocycles. The second-order valence-electron chi connectivity index (χ2n) is 6.83. The van der Waals surface area contributed by atoms with E-state index in [1.165, 1.54) is 0 Å². The molecule has 0 fully saturated rings. The van der Waals surface area contributed by atoms with E-state index in [9.17, 15) is 9.59 Å². The average Bonchev–Trinajstić information content (AvgIpc) is 2.66. The van der Waals surface area contributed by atoms with E-state index in [2.05, 4.69) is 5.32 Å². The van der Waals surface area contributed by atoms with Crippen LogP contribution in [-0.2, 0) is 22.6 Å². The Bertz CT molecular complexity index is 839. The molecular weight excluding hydrogens is 395 g/mol. The first-order valence-corrected chi connectivity index (χ1v) is 10.1. The fourth-order valence-electron chi connectivity index (χ4n) is 2.88. The van der Waals surface area contributed by atoms with Gasteiger partial charge in [-0.25, -0.2) is 0 Å². The van der Waals surface area contributed by atoms with Gasteiger partial charge in [0.15, 0.2) is 0 Å². The SMILES string of the molecule is CCCNC(=O)[C@H](C)N(Cc1ccc(Cl)cc1Cl)C(=O)Cc1ccccc1C. The van der Waals surface area contributed by atoms with E-state index in [0.717, 1.165) is 23.1 Å². The lowest BCUT2D eigenvalue weighted by atomic mass is 10.0.